The Kier molecular flexibility index (Phi) is 3.63. The highest BCUT2D eigenvalue weighted by Crippen LogP contribution is 2.13. The van der Waals surface area contributed by atoms with Gasteiger partial charge in [0.1, 0.15) is 6.61 Å². The minimum Gasteiger partial charge on any atom is -0.476 e. The summed E-state index contributed by atoms with van der Waals surface area (Å²) in [6.07, 6.45) is 2.44. The number of aromatic nitrogens is 1. The molecule has 0 aromatic carbocycles. The van der Waals surface area contributed by atoms with Crippen molar-refractivity contribution in [2.75, 3.05) is 25.4 Å². The molecule has 0 amide bonds. The van der Waals surface area contributed by atoms with Crippen molar-refractivity contribution in [3.63, 3.8) is 0 Å². The fourth-order valence-electron chi connectivity index (χ4n) is 1.73. The Morgan fingerprint density at radius 2 is 2.29 bits per heavy atom. The quantitative estimate of drug-likeness (QED) is 0.799. The summed E-state index contributed by atoms with van der Waals surface area (Å²) >= 11 is 0. The van der Waals surface area contributed by atoms with E-state index < -0.39 is 10.0 Å². The second-order valence-electron chi connectivity index (χ2n) is 4.09. The molecule has 0 spiro atoms. The molecule has 1 aromatic heterocycles. The van der Waals surface area contributed by atoms with Crippen molar-refractivity contribution in [2.24, 2.45) is 0 Å². The van der Waals surface area contributed by atoms with Crippen LogP contribution in [0, 0.1) is 6.92 Å². The summed E-state index contributed by atoms with van der Waals surface area (Å²) in [4.78, 5) is 4.09. The van der Waals surface area contributed by atoms with Crippen LogP contribution in [-0.4, -0.2) is 43.2 Å². The van der Waals surface area contributed by atoms with Crippen LogP contribution in [0.1, 0.15) is 12.0 Å². The summed E-state index contributed by atoms with van der Waals surface area (Å²) in [5, 5.41) is 0. The average molecular weight is 256 g/mol. The Morgan fingerprint density at radius 3 is 2.88 bits per heavy atom. The first-order valence-corrected chi connectivity index (χ1v) is 7.22. The van der Waals surface area contributed by atoms with Crippen molar-refractivity contribution < 1.29 is 13.2 Å². The van der Waals surface area contributed by atoms with Crippen LogP contribution in [0.3, 0.4) is 0 Å². The van der Waals surface area contributed by atoms with E-state index in [1.165, 1.54) is 4.31 Å². The molecule has 0 unspecified atom stereocenters. The molecule has 1 fully saturated rings. The molecule has 0 N–H and O–H groups in total. The van der Waals surface area contributed by atoms with E-state index in [1.54, 1.807) is 12.3 Å². The summed E-state index contributed by atoms with van der Waals surface area (Å²) < 4.78 is 29.9. The number of ether oxygens (including phenoxy) is 1. The highest BCUT2D eigenvalue weighted by molar-refractivity contribution is 7.89. The van der Waals surface area contributed by atoms with Gasteiger partial charge >= 0.3 is 0 Å². The first-order chi connectivity index (χ1) is 8.08. The molecule has 6 heteroatoms. The second-order valence-corrected chi connectivity index (χ2v) is 6.18. The second kappa shape index (κ2) is 5.01. The van der Waals surface area contributed by atoms with Crippen LogP contribution < -0.4 is 4.74 Å². The van der Waals surface area contributed by atoms with Crippen LogP contribution in [0.4, 0.5) is 0 Å². The van der Waals surface area contributed by atoms with Gasteiger partial charge in [-0.15, -0.1) is 0 Å². The predicted octanol–water partition coefficient (Wildman–Crippen LogP) is 0.804. The Balaban J connectivity index is 1.82. The van der Waals surface area contributed by atoms with Crippen molar-refractivity contribution in [2.45, 2.75) is 13.3 Å². The lowest BCUT2D eigenvalue weighted by Gasteiger charge is -2.14. The van der Waals surface area contributed by atoms with Gasteiger partial charge in [0.25, 0.3) is 0 Å². The molecule has 0 saturated carbocycles. The first-order valence-electron chi connectivity index (χ1n) is 5.61. The zero-order valence-electron chi connectivity index (χ0n) is 9.80. The lowest BCUT2D eigenvalue weighted by molar-refractivity contribution is 0.270. The fourth-order valence-corrected chi connectivity index (χ4v) is 3.25. The summed E-state index contributed by atoms with van der Waals surface area (Å²) in [7, 11) is -3.02. The molecule has 2 heterocycles. The van der Waals surface area contributed by atoms with Crippen molar-refractivity contribution in [1.29, 1.82) is 0 Å². The Labute approximate surface area is 101 Å². The topological polar surface area (TPSA) is 59.5 Å². The standard InChI is InChI=1S/C11H16N2O3S/c1-10-3-4-11(12-9-10)16-7-6-13-5-2-8-17(13,14)15/h3-4,9H,2,5-8H2,1H3. The minimum atomic E-state index is -3.02. The van der Waals surface area contributed by atoms with E-state index >= 15 is 0 Å². The van der Waals surface area contributed by atoms with Gasteiger partial charge in [-0.05, 0) is 18.9 Å². The average Bonchev–Trinajstić information content (AvgIpc) is 2.61. The zero-order chi connectivity index (χ0) is 12.3. The largest absolute Gasteiger partial charge is 0.476 e. The highest BCUT2D eigenvalue weighted by Gasteiger charge is 2.27. The van der Waals surface area contributed by atoms with Gasteiger partial charge in [-0.25, -0.2) is 13.4 Å². The monoisotopic (exact) mass is 256 g/mol. The molecule has 17 heavy (non-hydrogen) atoms. The number of pyridine rings is 1. The molecule has 1 aliphatic heterocycles. The molecule has 0 radical (unpaired) electrons. The predicted molar refractivity (Wildman–Crippen MR) is 64.4 cm³/mol. The SMILES string of the molecule is Cc1ccc(OCCN2CCCS2(=O)=O)nc1. The van der Waals surface area contributed by atoms with Gasteiger partial charge in [0.05, 0.1) is 5.75 Å². The molecule has 5 nitrogen and oxygen atoms in total. The van der Waals surface area contributed by atoms with Crippen molar-refractivity contribution in [3.05, 3.63) is 23.9 Å². The van der Waals surface area contributed by atoms with Crippen LogP contribution in [0.15, 0.2) is 18.3 Å². The molecule has 0 bridgehead atoms. The van der Waals surface area contributed by atoms with Crippen LogP contribution in [0.25, 0.3) is 0 Å². The highest BCUT2D eigenvalue weighted by atomic mass is 32.2. The molecule has 0 aliphatic carbocycles. The summed E-state index contributed by atoms with van der Waals surface area (Å²) in [6, 6.07) is 3.70. The molecule has 1 saturated heterocycles. The molecule has 0 atom stereocenters. The van der Waals surface area contributed by atoms with E-state index in [1.807, 2.05) is 13.0 Å². The Hall–Kier alpha value is -1.14. The van der Waals surface area contributed by atoms with E-state index in [4.69, 9.17) is 4.74 Å². The maximum atomic E-state index is 11.5. The van der Waals surface area contributed by atoms with Gasteiger partial charge in [-0.1, -0.05) is 6.07 Å². The molecule has 1 aromatic rings. The van der Waals surface area contributed by atoms with Gasteiger partial charge < -0.3 is 4.74 Å². The van der Waals surface area contributed by atoms with Crippen molar-refractivity contribution in [1.82, 2.24) is 9.29 Å². The van der Waals surface area contributed by atoms with Crippen LogP contribution in [0.2, 0.25) is 0 Å². The molecule has 2 rings (SSSR count). The third-order valence-corrected chi connectivity index (χ3v) is 4.63. The van der Waals surface area contributed by atoms with Crippen LogP contribution in [0.5, 0.6) is 5.88 Å². The molecular weight excluding hydrogens is 240 g/mol. The molecule has 94 valence electrons. The molecule has 1 aliphatic rings. The first kappa shape index (κ1) is 12.3. The van der Waals surface area contributed by atoms with E-state index in [2.05, 4.69) is 4.98 Å². The number of hydrogen-bond acceptors (Lipinski definition) is 4. The maximum absolute atomic E-state index is 11.5. The Bertz CT molecular complexity index is 470. The van der Waals surface area contributed by atoms with Gasteiger partial charge in [-0.3, -0.25) is 0 Å². The summed E-state index contributed by atoms with van der Waals surface area (Å²) in [5.41, 5.74) is 1.07. The smallest absolute Gasteiger partial charge is 0.214 e. The summed E-state index contributed by atoms with van der Waals surface area (Å²) in [5.74, 6) is 0.794. The number of sulfonamides is 1. The van der Waals surface area contributed by atoms with Crippen LogP contribution in [-0.2, 0) is 10.0 Å². The lowest BCUT2D eigenvalue weighted by atomic mass is 10.3. The van der Waals surface area contributed by atoms with Gasteiger partial charge in [0, 0.05) is 25.4 Å². The normalized spacial score (nSPS) is 19.4. The number of aryl methyl sites for hydroxylation is 1. The zero-order valence-corrected chi connectivity index (χ0v) is 10.6. The number of rotatable bonds is 4. The van der Waals surface area contributed by atoms with E-state index in [-0.39, 0.29) is 5.75 Å². The van der Waals surface area contributed by atoms with Gasteiger partial charge in [-0.2, -0.15) is 4.31 Å². The minimum absolute atomic E-state index is 0.260. The molecular formula is C11H16N2O3S. The lowest BCUT2D eigenvalue weighted by Crippen LogP contribution is -2.30. The van der Waals surface area contributed by atoms with E-state index in [0.29, 0.717) is 32.0 Å². The fraction of sp³-hybridized carbons (Fsp3) is 0.545. The number of nitrogens with zero attached hydrogens (tertiary/aromatic N) is 2. The third kappa shape index (κ3) is 3.17. The summed E-state index contributed by atoms with van der Waals surface area (Å²) in [6.45, 7) is 3.30. The van der Waals surface area contributed by atoms with E-state index in [0.717, 1.165) is 5.56 Å². The van der Waals surface area contributed by atoms with Crippen molar-refractivity contribution >= 4 is 10.0 Å². The van der Waals surface area contributed by atoms with Gasteiger partial charge in [0.2, 0.25) is 15.9 Å². The third-order valence-electron chi connectivity index (χ3n) is 2.68. The maximum Gasteiger partial charge on any atom is 0.214 e. The van der Waals surface area contributed by atoms with Gasteiger partial charge in [0.15, 0.2) is 0 Å². The number of hydrogen-bond donors (Lipinski definition) is 0. The van der Waals surface area contributed by atoms with Crippen LogP contribution >= 0.6 is 0 Å². The van der Waals surface area contributed by atoms with Crippen molar-refractivity contribution in [3.8, 4) is 5.88 Å². The van der Waals surface area contributed by atoms with E-state index in [9.17, 15) is 8.42 Å². The Morgan fingerprint density at radius 1 is 1.47 bits per heavy atom.